The normalized spacial score (nSPS) is 33.1. The first-order chi connectivity index (χ1) is 7.66. The number of hydrogen-bond donors (Lipinski definition) is 2. The van der Waals surface area contributed by atoms with Crippen LogP contribution >= 0.6 is 0 Å². The first-order valence-corrected chi connectivity index (χ1v) is 6.67. The minimum Gasteiger partial charge on any atom is -0.480 e. The molecule has 3 heteroatoms. The van der Waals surface area contributed by atoms with Crippen molar-refractivity contribution in [2.24, 2.45) is 5.92 Å². The molecule has 0 bridgehead atoms. The molecular formula is C13H23NO2. The maximum Gasteiger partial charge on any atom is 0.323 e. The summed E-state index contributed by atoms with van der Waals surface area (Å²) in [4.78, 5) is 11.2. The van der Waals surface area contributed by atoms with Crippen LogP contribution < -0.4 is 5.32 Å². The van der Waals surface area contributed by atoms with Crippen molar-refractivity contribution in [1.82, 2.24) is 5.32 Å². The summed E-state index contributed by atoms with van der Waals surface area (Å²) < 4.78 is 0. The van der Waals surface area contributed by atoms with Crippen LogP contribution in [0.4, 0.5) is 0 Å². The van der Waals surface area contributed by atoms with E-state index in [1.807, 2.05) is 0 Å². The topological polar surface area (TPSA) is 49.3 Å². The number of hydrogen-bond acceptors (Lipinski definition) is 2. The van der Waals surface area contributed by atoms with Gasteiger partial charge >= 0.3 is 5.97 Å². The lowest BCUT2D eigenvalue weighted by Crippen LogP contribution is -2.60. The summed E-state index contributed by atoms with van der Waals surface area (Å²) in [6, 6.07) is 0.444. The number of aliphatic carboxylic acids is 1. The van der Waals surface area contributed by atoms with Gasteiger partial charge in [0, 0.05) is 6.04 Å². The molecule has 0 spiro atoms. The minimum absolute atomic E-state index is 0.444. The molecular weight excluding hydrogens is 202 g/mol. The highest BCUT2D eigenvalue weighted by Crippen LogP contribution is 2.35. The average Bonchev–Trinajstić information content (AvgIpc) is 2.24. The summed E-state index contributed by atoms with van der Waals surface area (Å²) in [6.07, 6.45) is 8.82. The summed E-state index contributed by atoms with van der Waals surface area (Å²) in [5, 5.41) is 12.7. The molecule has 92 valence electrons. The number of rotatable bonds is 4. The maximum atomic E-state index is 11.2. The Balaban J connectivity index is 1.84. The second-order valence-electron chi connectivity index (χ2n) is 5.51. The molecule has 16 heavy (non-hydrogen) atoms. The molecule has 0 heterocycles. The standard InChI is InChI=1S/C13H23NO2/c1-2-10-4-6-11(7-5-10)14-13(12(15)16)8-3-9-13/h10-11,14H,2-9H2,1H3,(H,15,16). The van der Waals surface area contributed by atoms with E-state index in [1.54, 1.807) is 0 Å². The van der Waals surface area contributed by atoms with E-state index >= 15 is 0 Å². The second kappa shape index (κ2) is 4.74. The third-order valence-electron chi connectivity index (χ3n) is 4.52. The largest absolute Gasteiger partial charge is 0.480 e. The predicted molar refractivity (Wildman–Crippen MR) is 63.4 cm³/mol. The smallest absolute Gasteiger partial charge is 0.323 e. The molecule has 0 aliphatic heterocycles. The van der Waals surface area contributed by atoms with Gasteiger partial charge in [0.25, 0.3) is 0 Å². The summed E-state index contributed by atoms with van der Waals surface area (Å²) in [5.74, 6) is 0.233. The van der Waals surface area contributed by atoms with Crippen LogP contribution in [0.25, 0.3) is 0 Å². The van der Waals surface area contributed by atoms with Crippen molar-refractivity contribution in [2.45, 2.75) is 69.9 Å². The molecule has 0 aromatic heterocycles. The Hall–Kier alpha value is -0.570. The van der Waals surface area contributed by atoms with Gasteiger partial charge in [0.05, 0.1) is 0 Å². The van der Waals surface area contributed by atoms with Crippen molar-refractivity contribution < 1.29 is 9.90 Å². The van der Waals surface area contributed by atoms with Crippen LogP contribution in [0.3, 0.4) is 0 Å². The number of carboxylic acid groups (broad SMARTS) is 1. The van der Waals surface area contributed by atoms with Gasteiger partial charge in [-0.25, -0.2) is 0 Å². The van der Waals surface area contributed by atoms with Gasteiger partial charge in [-0.2, -0.15) is 0 Å². The van der Waals surface area contributed by atoms with Crippen LogP contribution in [0.2, 0.25) is 0 Å². The van der Waals surface area contributed by atoms with E-state index in [2.05, 4.69) is 12.2 Å². The van der Waals surface area contributed by atoms with Crippen molar-refractivity contribution in [1.29, 1.82) is 0 Å². The van der Waals surface area contributed by atoms with E-state index < -0.39 is 11.5 Å². The second-order valence-corrected chi connectivity index (χ2v) is 5.51. The first kappa shape index (κ1) is 11.9. The predicted octanol–water partition coefficient (Wildman–Crippen LogP) is 2.55. The summed E-state index contributed by atoms with van der Waals surface area (Å²) in [6.45, 7) is 2.25. The zero-order chi connectivity index (χ0) is 11.6. The maximum absolute atomic E-state index is 11.2. The molecule has 2 fully saturated rings. The van der Waals surface area contributed by atoms with Crippen molar-refractivity contribution in [2.75, 3.05) is 0 Å². The van der Waals surface area contributed by atoms with Gasteiger partial charge in [-0.15, -0.1) is 0 Å². The fourth-order valence-corrected chi connectivity index (χ4v) is 3.06. The lowest BCUT2D eigenvalue weighted by molar-refractivity contribution is -0.149. The number of carboxylic acids is 1. The van der Waals surface area contributed by atoms with E-state index in [1.165, 1.54) is 19.3 Å². The molecule has 2 rings (SSSR count). The van der Waals surface area contributed by atoms with Crippen LogP contribution in [0.1, 0.15) is 58.3 Å². The van der Waals surface area contributed by atoms with Gasteiger partial charge in [-0.1, -0.05) is 13.3 Å². The van der Waals surface area contributed by atoms with E-state index in [0.717, 1.165) is 38.0 Å². The molecule has 2 aliphatic rings. The van der Waals surface area contributed by atoms with Gasteiger partial charge in [0.15, 0.2) is 0 Å². The monoisotopic (exact) mass is 225 g/mol. The first-order valence-electron chi connectivity index (χ1n) is 6.67. The van der Waals surface area contributed by atoms with Gasteiger partial charge in [-0.3, -0.25) is 10.1 Å². The Morgan fingerprint density at radius 1 is 1.31 bits per heavy atom. The van der Waals surface area contributed by atoms with E-state index in [9.17, 15) is 9.90 Å². The Morgan fingerprint density at radius 3 is 2.31 bits per heavy atom. The molecule has 2 N–H and O–H groups in total. The summed E-state index contributed by atoms with van der Waals surface area (Å²) >= 11 is 0. The highest BCUT2D eigenvalue weighted by Gasteiger charge is 2.45. The quantitative estimate of drug-likeness (QED) is 0.773. The Bertz CT molecular complexity index is 253. The third-order valence-corrected chi connectivity index (χ3v) is 4.52. The highest BCUT2D eigenvalue weighted by molar-refractivity contribution is 5.80. The van der Waals surface area contributed by atoms with Gasteiger partial charge in [0.2, 0.25) is 0 Å². The average molecular weight is 225 g/mol. The molecule has 0 unspecified atom stereocenters. The molecule has 3 nitrogen and oxygen atoms in total. The minimum atomic E-state index is -0.642. The zero-order valence-corrected chi connectivity index (χ0v) is 10.2. The Morgan fingerprint density at radius 2 is 1.94 bits per heavy atom. The molecule has 0 atom stereocenters. The number of carbonyl (C=O) groups is 1. The third kappa shape index (κ3) is 2.24. The van der Waals surface area contributed by atoms with Crippen molar-refractivity contribution >= 4 is 5.97 Å². The highest BCUT2D eigenvalue weighted by atomic mass is 16.4. The van der Waals surface area contributed by atoms with Gasteiger partial charge in [0.1, 0.15) is 5.54 Å². The molecule has 0 radical (unpaired) electrons. The lowest BCUT2D eigenvalue weighted by atomic mass is 9.74. The number of nitrogens with one attached hydrogen (secondary N) is 1. The van der Waals surface area contributed by atoms with Crippen molar-refractivity contribution in [3.8, 4) is 0 Å². The van der Waals surface area contributed by atoms with E-state index in [-0.39, 0.29) is 0 Å². The van der Waals surface area contributed by atoms with Crippen LogP contribution in [-0.2, 0) is 4.79 Å². The zero-order valence-electron chi connectivity index (χ0n) is 10.2. The van der Waals surface area contributed by atoms with E-state index in [0.29, 0.717) is 6.04 Å². The summed E-state index contributed by atoms with van der Waals surface area (Å²) in [5.41, 5.74) is -0.566. The van der Waals surface area contributed by atoms with Gasteiger partial charge in [-0.05, 0) is 50.9 Å². The fraction of sp³-hybridized carbons (Fsp3) is 0.923. The molecule has 0 amide bonds. The molecule has 0 saturated heterocycles. The summed E-state index contributed by atoms with van der Waals surface area (Å²) in [7, 11) is 0. The van der Waals surface area contributed by atoms with Crippen LogP contribution in [0, 0.1) is 5.92 Å². The molecule has 2 aliphatic carbocycles. The van der Waals surface area contributed by atoms with Crippen LogP contribution in [0.15, 0.2) is 0 Å². The molecule has 0 aromatic carbocycles. The SMILES string of the molecule is CCC1CCC(NC2(C(=O)O)CCC2)CC1. The van der Waals surface area contributed by atoms with Crippen molar-refractivity contribution in [3.05, 3.63) is 0 Å². The molecule has 2 saturated carbocycles. The van der Waals surface area contributed by atoms with Crippen molar-refractivity contribution in [3.63, 3.8) is 0 Å². The Labute approximate surface area is 97.6 Å². The van der Waals surface area contributed by atoms with Crippen LogP contribution in [-0.4, -0.2) is 22.7 Å². The lowest BCUT2D eigenvalue weighted by Gasteiger charge is -2.43. The van der Waals surface area contributed by atoms with E-state index in [4.69, 9.17) is 0 Å². The van der Waals surface area contributed by atoms with Crippen LogP contribution in [0.5, 0.6) is 0 Å². The Kier molecular flexibility index (Phi) is 3.53. The van der Waals surface area contributed by atoms with Gasteiger partial charge < -0.3 is 5.11 Å². The fourth-order valence-electron chi connectivity index (χ4n) is 3.06. The molecule has 0 aromatic rings.